The predicted octanol–water partition coefficient (Wildman–Crippen LogP) is 2.47. The van der Waals surface area contributed by atoms with Crippen LogP contribution >= 0.6 is 0 Å². The average Bonchev–Trinajstić information content (AvgIpc) is 2.62. The molecule has 9 heteroatoms. The van der Waals surface area contributed by atoms with Gasteiger partial charge in [0, 0.05) is 23.5 Å². The molecule has 8 nitrogen and oxygen atoms in total. The van der Waals surface area contributed by atoms with Crippen LogP contribution in [0.1, 0.15) is 6.92 Å². The van der Waals surface area contributed by atoms with E-state index in [4.69, 9.17) is 9.84 Å². The molecule has 0 bridgehead atoms. The largest absolute Gasteiger partial charge is 0.494 e. The maximum atomic E-state index is 12.4. The molecule has 2 rings (SSSR count). The highest BCUT2D eigenvalue weighted by Gasteiger charge is 2.14. The first-order chi connectivity index (χ1) is 12.8. The lowest BCUT2D eigenvalue weighted by atomic mass is 10.3. The Kier molecular flexibility index (Phi) is 6.56. The van der Waals surface area contributed by atoms with Crippen LogP contribution in [0.15, 0.2) is 65.6 Å². The van der Waals surface area contributed by atoms with E-state index in [1.807, 2.05) is 6.92 Å². The lowest BCUT2D eigenvalue weighted by molar-refractivity contribution is -0.131. The molecular formula is C18H18N2O6S. The van der Waals surface area contributed by atoms with Crippen LogP contribution in [0.5, 0.6) is 5.75 Å². The van der Waals surface area contributed by atoms with E-state index in [-0.39, 0.29) is 4.90 Å². The minimum Gasteiger partial charge on any atom is -0.494 e. The van der Waals surface area contributed by atoms with Gasteiger partial charge in [0.05, 0.1) is 11.5 Å². The van der Waals surface area contributed by atoms with Gasteiger partial charge < -0.3 is 15.2 Å². The van der Waals surface area contributed by atoms with Crippen molar-refractivity contribution in [2.75, 3.05) is 16.6 Å². The van der Waals surface area contributed by atoms with Crippen LogP contribution in [0.25, 0.3) is 0 Å². The number of ether oxygens (including phenoxy) is 1. The van der Waals surface area contributed by atoms with E-state index < -0.39 is 21.9 Å². The number of aliphatic carboxylic acids is 1. The molecule has 0 aromatic heterocycles. The van der Waals surface area contributed by atoms with Gasteiger partial charge in [0.2, 0.25) is 5.91 Å². The molecule has 0 aliphatic heterocycles. The monoisotopic (exact) mass is 390 g/mol. The maximum absolute atomic E-state index is 12.4. The fourth-order valence-corrected chi connectivity index (χ4v) is 3.11. The number of rotatable bonds is 8. The molecule has 142 valence electrons. The van der Waals surface area contributed by atoms with Gasteiger partial charge in [0.15, 0.2) is 0 Å². The van der Waals surface area contributed by atoms with Crippen molar-refractivity contribution in [1.29, 1.82) is 0 Å². The smallest absolute Gasteiger partial charge is 0.328 e. The van der Waals surface area contributed by atoms with Gasteiger partial charge in [-0.25, -0.2) is 13.2 Å². The molecule has 0 heterocycles. The number of nitrogens with one attached hydrogen (secondary N) is 2. The third kappa shape index (κ3) is 6.15. The summed E-state index contributed by atoms with van der Waals surface area (Å²) in [6.45, 7) is 2.37. The van der Waals surface area contributed by atoms with Crippen molar-refractivity contribution in [2.45, 2.75) is 11.8 Å². The van der Waals surface area contributed by atoms with E-state index in [0.717, 1.165) is 6.08 Å². The molecule has 2 aromatic carbocycles. The average molecular weight is 390 g/mol. The Labute approximate surface area is 156 Å². The third-order valence-electron chi connectivity index (χ3n) is 3.23. The number of carbonyl (C=O) groups excluding carboxylic acids is 1. The molecule has 0 unspecified atom stereocenters. The van der Waals surface area contributed by atoms with Crippen molar-refractivity contribution in [3.8, 4) is 5.75 Å². The fraction of sp³-hybridized carbons (Fsp3) is 0.111. The topological polar surface area (TPSA) is 122 Å². The Hall–Kier alpha value is -3.33. The highest BCUT2D eigenvalue weighted by Crippen LogP contribution is 2.20. The van der Waals surface area contributed by atoms with Crippen LogP contribution in [0.2, 0.25) is 0 Å². The van der Waals surface area contributed by atoms with Crippen LogP contribution in [0.4, 0.5) is 11.4 Å². The molecule has 0 saturated carbocycles. The summed E-state index contributed by atoms with van der Waals surface area (Å²) in [5, 5.41) is 10.9. The van der Waals surface area contributed by atoms with Gasteiger partial charge >= 0.3 is 5.97 Å². The molecule has 0 atom stereocenters. The fourth-order valence-electron chi connectivity index (χ4n) is 2.05. The van der Waals surface area contributed by atoms with Crippen LogP contribution < -0.4 is 14.8 Å². The summed E-state index contributed by atoms with van der Waals surface area (Å²) in [5.41, 5.74) is 0.713. The van der Waals surface area contributed by atoms with Gasteiger partial charge in [-0.05, 0) is 55.5 Å². The number of carbonyl (C=O) groups is 2. The van der Waals surface area contributed by atoms with Crippen molar-refractivity contribution >= 4 is 33.3 Å². The summed E-state index contributed by atoms with van der Waals surface area (Å²) in [6.07, 6.45) is 1.56. The molecule has 2 aromatic rings. The van der Waals surface area contributed by atoms with Crippen molar-refractivity contribution in [3.63, 3.8) is 0 Å². The Morgan fingerprint density at radius 3 is 2.15 bits per heavy atom. The second-order valence-electron chi connectivity index (χ2n) is 5.25. The summed E-state index contributed by atoms with van der Waals surface area (Å²) in [7, 11) is -3.80. The molecule has 1 amide bonds. The first kappa shape index (κ1) is 20.0. The van der Waals surface area contributed by atoms with E-state index in [9.17, 15) is 18.0 Å². The first-order valence-corrected chi connectivity index (χ1v) is 9.36. The Balaban J connectivity index is 2.06. The Bertz CT molecular complexity index is 935. The van der Waals surface area contributed by atoms with Gasteiger partial charge in [-0.15, -0.1) is 0 Å². The van der Waals surface area contributed by atoms with Crippen molar-refractivity contribution < 1.29 is 27.9 Å². The molecule has 0 fully saturated rings. The quantitative estimate of drug-likeness (QED) is 0.595. The van der Waals surface area contributed by atoms with E-state index in [0.29, 0.717) is 29.8 Å². The molecule has 0 radical (unpaired) electrons. The van der Waals surface area contributed by atoms with Crippen molar-refractivity contribution in [1.82, 2.24) is 0 Å². The minimum absolute atomic E-state index is 0.00969. The van der Waals surface area contributed by atoms with Crippen LogP contribution in [0.3, 0.4) is 0 Å². The van der Waals surface area contributed by atoms with Crippen LogP contribution in [0, 0.1) is 0 Å². The maximum Gasteiger partial charge on any atom is 0.328 e. The standard InChI is InChI=1S/C18H18N2O6S/c1-2-26-15-7-3-14(4-8-15)20-27(24,25)16-9-5-13(6-10-16)19-17(21)11-12-18(22)23/h3-12,20H,2H2,1H3,(H,19,21)(H,22,23). The minimum atomic E-state index is -3.80. The lowest BCUT2D eigenvalue weighted by Crippen LogP contribution is -2.13. The normalized spacial score (nSPS) is 11.1. The zero-order valence-corrected chi connectivity index (χ0v) is 15.2. The zero-order chi connectivity index (χ0) is 19.9. The molecular weight excluding hydrogens is 372 g/mol. The number of sulfonamides is 1. The van der Waals surface area contributed by atoms with Crippen molar-refractivity contribution in [3.05, 3.63) is 60.7 Å². The first-order valence-electron chi connectivity index (χ1n) is 7.88. The van der Waals surface area contributed by atoms with Crippen molar-refractivity contribution in [2.24, 2.45) is 0 Å². The Morgan fingerprint density at radius 1 is 1.00 bits per heavy atom. The predicted molar refractivity (Wildman–Crippen MR) is 100 cm³/mol. The van der Waals surface area contributed by atoms with Gasteiger partial charge in [-0.3, -0.25) is 9.52 Å². The number of hydrogen-bond acceptors (Lipinski definition) is 5. The zero-order valence-electron chi connectivity index (χ0n) is 14.4. The highest BCUT2D eigenvalue weighted by atomic mass is 32.2. The summed E-state index contributed by atoms with van der Waals surface area (Å²) in [6, 6.07) is 12.0. The lowest BCUT2D eigenvalue weighted by Gasteiger charge is -2.10. The number of amides is 1. The van der Waals surface area contributed by atoms with Gasteiger partial charge in [0.25, 0.3) is 10.0 Å². The molecule has 0 saturated heterocycles. The van der Waals surface area contributed by atoms with Crippen LogP contribution in [-0.2, 0) is 19.6 Å². The number of anilines is 2. The number of hydrogen-bond donors (Lipinski definition) is 3. The van der Waals surface area contributed by atoms with E-state index in [2.05, 4.69) is 10.0 Å². The molecule has 27 heavy (non-hydrogen) atoms. The second kappa shape index (κ2) is 8.86. The molecule has 0 spiro atoms. The van der Waals surface area contributed by atoms with E-state index >= 15 is 0 Å². The second-order valence-corrected chi connectivity index (χ2v) is 6.93. The number of carboxylic acids is 1. The van der Waals surface area contributed by atoms with E-state index in [1.165, 1.54) is 24.3 Å². The molecule has 3 N–H and O–H groups in total. The highest BCUT2D eigenvalue weighted by molar-refractivity contribution is 7.92. The third-order valence-corrected chi connectivity index (χ3v) is 4.62. The summed E-state index contributed by atoms with van der Waals surface area (Å²) >= 11 is 0. The summed E-state index contributed by atoms with van der Waals surface area (Å²) in [5.74, 6) is -1.25. The summed E-state index contributed by atoms with van der Waals surface area (Å²) < 4.78 is 32.6. The van der Waals surface area contributed by atoms with Crippen LogP contribution in [-0.4, -0.2) is 32.0 Å². The van der Waals surface area contributed by atoms with Gasteiger partial charge in [-0.2, -0.15) is 0 Å². The van der Waals surface area contributed by atoms with Gasteiger partial charge in [-0.1, -0.05) is 0 Å². The van der Waals surface area contributed by atoms with E-state index in [1.54, 1.807) is 24.3 Å². The molecule has 0 aliphatic rings. The number of benzene rings is 2. The SMILES string of the molecule is CCOc1ccc(NS(=O)(=O)c2ccc(NC(=O)C=CC(=O)O)cc2)cc1. The summed E-state index contributed by atoms with van der Waals surface area (Å²) in [4.78, 5) is 21.9. The molecule has 0 aliphatic carbocycles. The van der Waals surface area contributed by atoms with Gasteiger partial charge in [0.1, 0.15) is 5.75 Å². The Morgan fingerprint density at radius 2 is 1.59 bits per heavy atom. The number of carboxylic acid groups (broad SMARTS) is 1.